The molecule has 1 aromatic heterocycles. The normalized spacial score (nSPS) is 15.9. The molecule has 0 bridgehead atoms. The van der Waals surface area contributed by atoms with E-state index in [-0.39, 0.29) is 29.2 Å². The van der Waals surface area contributed by atoms with Crippen molar-refractivity contribution in [1.82, 2.24) is 9.88 Å². The van der Waals surface area contributed by atoms with Gasteiger partial charge in [-0.15, -0.1) is 0 Å². The molecule has 2 rings (SSSR count). The Hall–Kier alpha value is -2.31. The van der Waals surface area contributed by atoms with Crippen LogP contribution < -0.4 is 5.56 Å². The number of likely N-dealkylation sites (tertiary alicyclic amines) is 1. The number of aromatic hydroxyl groups is 1. The van der Waals surface area contributed by atoms with Gasteiger partial charge >= 0.3 is 5.97 Å². The van der Waals surface area contributed by atoms with E-state index in [1.165, 1.54) is 13.2 Å². The lowest BCUT2D eigenvalue weighted by Gasteiger charge is -2.30. The van der Waals surface area contributed by atoms with Crippen molar-refractivity contribution in [1.29, 1.82) is 0 Å². The van der Waals surface area contributed by atoms with Gasteiger partial charge in [0.1, 0.15) is 0 Å². The second-order valence-electron chi connectivity index (χ2n) is 4.71. The highest BCUT2D eigenvalue weighted by Gasteiger charge is 2.28. The van der Waals surface area contributed by atoms with Gasteiger partial charge in [-0.1, -0.05) is 0 Å². The molecule has 0 spiro atoms. The first-order valence-corrected chi connectivity index (χ1v) is 6.31. The number of aromatic amines is 1. The number of hydrogen-bond acceptors (Lipinski definition) is 5. The minimum absolute atomic E-state index is 0.141. The first kappa shape index (κ1) is 14.1. The number of methoxy groups -OCH3 is 1. The van der Waals surface area contributed by atoms with Crippen LogP contribution in [0.2, 0.25) is 0 Å². The molecule has 2 N–H and O–H groups in total. The maximum absolute atomic E-state index is 12.2. The summed E-state index contributed by atoms with van der Waals surface area (Å²) in [4.78, 5) is 38.6. The number of nitrogens with one attached hydrogen (secondary N) is 1. The molecule has 7 heteroatoms. The summed E-state index contributed by atoms with van der Waals surface area (Å²) < 4.78 is 4.68. The summed E-state index contributed by atoms with van der Waals surface area (Å²) >= 11 is 0. The van der Waals surface area contributed by atoms with Crippen molar-refractivity contribution in [2.24, 2.45) is 5.92 Å². The van der Waals surface area contributed by atoms with Crippen LogP contribution >= 0.6 is 0 Å². The number of rotatable bonds is 2. The Kier molecular flexibility index (Phi) is 4.07. The molecular formula is C13H16N2O5. The lowest BCUT2D eigenvalue weighted by Crippen LogP contribution is -2.40. The van der Waals surface area contributed by atoms with Crippen molar-refractivity contribution >= 4 is 11.9 Å². The summed E-state index contributed by atoms with van der Waals surface area (Å²) in [6, 6.07) is 2.37. The van der Waals surface area contributed by atoms with Gasteiger partial charge in [-0.3, -0.25) is 19.4 Å². The standard InChI is InChI=1S/C13H16N2O5/c1-20-13(19)8-2-4-15(5-3-8)12(18)9-6-10(16)14-11(17)7-9/h6-8H,2-5H2,1H3,(H2,14,16,17). The Morgan fingerprint density at radius 2 is 2.00 bits per heavy atom. The number of pyridine rings is 1. The van der Waals surface area contributed by atoms with Crippen LogP contribution in [0.1, 0.15) is 23.2 Å². The van der Waals surface area contributed by atoms with E-state index in [9.17, 15) is 19.5 Å². The van der Waals surface area contributed by atoms with Gasteiger partial charge in [0, 0.05) is 25.2 Å². The summed E-state index contributed by atoms with van der Waals surface area (Å²) in [6.07, 6.45) is 1.07. The predicted molar refractivity (Wildman–Crippen MR) is 69.4 cm³/mol. The molecule has 20 heavy (non-hydrogen) atoms. The Morgan fingerprint density at radius 1 is 1.35 bits per heavy atom. The Balaban J connectivity index is 2.05. The fourth-order valence-electron chi connectivity index (χ4n) is 2.32. The maximum atomic E-state index is 12.2. The van der Waals surface area contributed by atoms with Gasteiger partial charge < -0.3 is 14.7 Å². The van der Waals surface area contributed by atoms with Gasteiger partial charge in [0.2, 0.25) is 0 Å². The fourth-order valence-corrected chi connectivity index (χ4v) is 2.32. The number of nitrogens with zero attached hydrogens (tertiary/aromatic N) is 1. The van der Waals surface area contributed by atoms with Crippen molar-refractivity contribution < 1.29 is 19.4 Å². The Morgan fingerprint density at radius 3 is 2.55 bits per heavy atom. The molecule has 1 aliphatic heterocycles. The topological polar surface area (TPSA) is 99.7 Å². The number of aromatic nitrogens is 1. The van der Waals surface area contributed by atoms with E-state index in [1.54, 1.807) is 4.90 Å². The number of amides is 1. The van der Waals surface area contributed by atoms with Crippen molar-refractivity contribution in [3.8, 4) is 5.88 Å². The number of piperidine rings is 1. The first-order valence-electron chi connectivity index (χ1n) is 6.31. The molecule has 1 amide bonds. The number of carbonyl (C=O) groups is 2. The van der Waals surface area contributed by atoms with Gasteiger partial charge in [-0.05, 0) is 12.8 Å². The number of H-pyrrole nitrogens is 1. The van der Waals surface area contributed by atoms with E-state index < -0.39 is 5.56 Å². The highest BCUT2D eigenvalue weighted by Crippen LogP contribution is 2.20. The zero-order valence-corrected chi connectivity index (χ0v) is 11.1. The molecule has 1 aliphatic rings. The van der Waals surface area contributed by atoms with Gasteiger partial charge in [0.05, 0.1) is 18.6 Å². The third-order valence-corrected chi connectivity index (χ3v) is 3.39. The maximum Gasteiger partial charge on any atom is 0.308 e. The number of hydrogen-bond donors (Lipinski definition) is 2. The SMILES string of the molecule is COC(=O)C1CCN(C(=O)c2cc(O)[nH]c(=O)c2)CC1. The summed E-state index contributed by atoms with van der Waals surface area (Å²) in [5.41, 5.74) is -0.388. The molecule has 0 aromatic carbocycles. The van der Waals surface area contributed by atoms with Crippen molar-refractivity contribution in [2.75, 3.05) is 20.2 Å². The second-order valence-corrected chi connectivity index (χ2v) is 4.71. The van der Waals surface area contributed by atoms with Crippen LogP contribution in [0, 0.1) is 5.92 Å². The summed E-state index contributed by atoms with van der Waals surface area (Å²) in [7, 11) is 1.35. The van der Waals surface area contributed by atoms with Crippen LogP contribution in [0.15, 0.2) is 16.9 Å². The van der Waals surface area contributed by atoms with Crippen molar-refractivity contribution in [3.05, 3.63) is 28.0 Å². The lowest BCUT2D eigenvalue weighted by atomic mass is 9.96. The summed E-state index contributed by atoms with van der Waals surface area (Å²) in [5, 5.41) is 9.30. The molecule has 7 nitrogen and oxygen atoms in total. The van der Waals surface area contributed by atoms with Crippen LogP contribution in [0.5, 0.6) is 5.88 Å². The highest BCUT2D eigenvalue weighted by atomic mass is 16.5. The monoisotopic (exact) mass is 280 g/mol. The minimum atomic E-state index is -0.530. The third-order valence-electron chi connectivity index (χ3n) is 3.39. The largest absolute Gasteiger partial charge is 0.494 e. The van der Waals surface area contributed by atoms with E-state index in [2.05, 4.69) is 9.72 Å². The molecular weight excluding hydrogens is 264 g/mol. The molecule has 2 heterocycles. The predicted octanol–water partition coefficient (Wildman–Crippen LogP) is 0.106. The molecule has 1 aromatic rings. The Labute approximate surface area is 115 Å². The zero-order chi connectivity index (χ0) is 14.7. The van der Waals surface area contributed by atoms with Crippen molar-refractivity contribution in [2.45, 2.75) is 12.8 Å². The van der Waals surface area contributed by atoms with E-state index in [4.69, 9.17) is 0 Å². The fraction of sp³-hybridized carbons (Fsp3) is 0.462. The lowest BCUT2D eigenvalue weighted by molar-refractivity contribution is -0.146. The third kappa shape index (κ3) is 2.98. The minimum Gasteiger partial charge on any atom is -0.494 e. The van der Waals surface area contributed by atoms with Gasteiger partial charge in [-0.2, -0.15) is 0 Å². The molecule has 0 unspecified atom stereocenters. The molecule has 0 saturated carbocycles. The van der Waals surface area contributed by atoms with Gasteiger partial charge in [-0.25, -0.2) is 0 Å². The number of carbonyl (C=O) groups excluding carboxylic acids is 2. The molecule has 1 fully saturated rings. The molecule has 1 saturated heterocycles. The summed E-state index contributed by atoms with van der Waals surface area (Å²) in [6.45, 7) is 0.846. The van der Waals surface area contributed by atoms with Gasteiger partial charge in [0.15, 0.2) is 5.88 Å². The van der Waals surface area contributed by atoms with E-state index in [0.29, 0.717) is 25.9 Å². The molecule has 0 atom stereocenters. The van der Waals surface area contributed by atoms with Crippen LogP contribution in [0.25, 0.3) is 0 Å². The highest BCUT2D eigenvalue weighted by molar-refractivity contribution is 5.94. The smallest absolute Gasteiger partial charge is 0.308 e. The average molecular weight is 280 g/mol. The number of ether oxygens (including phenoxy) is 1. The molecule has 108 valence electrons. The second kappa shape index (κ2) is 5.77. The zero-order valence-electron chi connectivity index (χ0n) is 11.1. The van der Waals surface area contributed by atoms with Crippen LogP contribution in [-0.4, -0.2) is 47.1 Å². The van der Waals surface area contributed by atoms with Crippen molar-refractivity contribution in [3.63, 3.8) is 0 Å². The molecule has 0 radical (unpaired) electrons. The molecule has 0 aliphatic carbocycles. The first-order chi connectivity index (χ1) is 9.51. The Bertz CT molecular complexity index is 572. The number of esters is 1. The average Bonchev–Trinajstić information content (AvgIpc) is 2.45. The summed E-state index contributed by atoms with van der Waals surface area (Å²) in [5.74, 6) is -1.11. The van der Waals surface area contributed by atoms with E-state index in [0.717, 1.165) is 6.07 Å². The van der Waals surface area contributed by atoms with Crippen LogP contribution in [0.4, 0.5) is 0 Å². The van der Waals surface area contributed by atoms with E-state index >= 15 is 0 Å². The van der Waals surface area contributed by atoms with E-state index in [1.807, 2.05) is 0 Å². The quantitative estimate of drug-likeness (QED) is 0.749. The van der Waals surface area contributed by atoms with Crippen LogP contribution in [0.3, 0.4) is 0 Å². The van der Waals surface area contributed by atoms with Gasteiger partial charge in [0.25, 0.3) is 11.5 Å². The van der Waals surface area contributed by atoms with Crippen LogP contribution in [-0.2, 0) is 9.53 Å².